The van der Waals surface area contributed by atoms with E-state index in [4.69, 9.17) is 0 Å². The van der Waals surface area contributed by atoms with Crippen LogP contribution in [0.2, 0.25) is 0 Å². The third-order valence-electron chi connectivity index (χ3n) is 13.5. The highest BCUT2D eigenvalue weighted by Crippen LogP contribution is 2.70. The number of benzene rings is 9. The van der Waals surface area contributed by atoms with Crippen LogP contribution in [0, 0.1) is 0 Å². The lowest BCUT2D eigenvalue weighted by Gasteiger charge is -2.33. The summed E-state index contributed by atoms with van der Waals surface area (Å²) in [6, 6.07) is 73.3. The van der Waals surface area contributed by atoms with Crippen LogP contribution in [0.1, 0.15) is 25.0 Å². The summed E-state index contributed by atoms with van der Waals surface area (Å²) in [4.78, 5) is 0. The lowest BCUT2D eigenvalue weighted by molar-refractivity contribution is 0.582. The van der Waals surface area contributed by atoms with Gasteiger partial charge in [-0.05, 0) is 130 Å². The molecular formula is C57H40N3OPS. The van der Waals surface area contributed by atoms with Crippen molar-refractivity contribution in [3.8, 4) is 27.9 Å². The smallest absolute Gasteiger partial charge is 0.301 e. The van der Waals surface area contributed by atoms with Crippen LogP contribution in [0.3, 0.4) is 0 Å². The zero-order valence-corrected chi connectivity index (χ0v) is 36.4. The maximum Gasteiger partial charge on any atom is 0.301 e. The number of nitrogens with zero attached hydrogens (tertiary/aromatic N) is 3. The van der Waals surface area contributed by atoms with Crippen molar-refractivity contribution in [2.24, 2.45) is 0 Å². The van der Waals surface area contributed by atoms with Crippen LogP contribution in [0.15, 0.2) is 206 Å². The summed E-state index contributed by atoms with van der Waals surface area (Å²) in [5.41, 5.74) is 14.7. The Morgan fingerprint density at radius 2 is 1.03 bits per heavy atom. The van der Waals surface area contributed by atoms with Crippen molar-refractivity contribution in [1.29, 1.82) is 0 Å². The molecule has 13 rings (SSSR count). The normalized spacial score (nSPS) is 16.3. The molecule has 300 valence electrons. The Balaban J connectivity index is 0.981. The van der Waals surface area contributed by atoms with Crippen molar-refractivity contribution in [3.63, 3.8) is 0 Å². The molecule has 1 aliphatic carbocycles. The number of para-hydroxylation sites is 3. The lowest BCUT2D eigenvalue weighted by atomic mass is 9.82. The second kappa shape index (κ2) is 13.4. The summed E-state index contributed by atoms with van der Waals surface area (Å²) in [7, 11) is -3.47. The van der Waals surface area contributed by atoms with E-state index >= 15 is 4.57 Å². The molecule has 11 aromatic rings. The molecule has 2 aromatic heterocycles. The quantitative estimate of drug-likeness (QED) is 0.162. The zero-order chi connectivity index (χ0) is 42.0. The molecule has 1 unspecified atom stereocenters. The molecule has 0 amide bonds. The van der Waals surface area contributed by atoms with Crippen molar-refractivity contribution in [2.45, 2.75) is 19.3 Å². The summed E-state index contributed by atoms with van der Waals surface area (Å²) in [6.45, 7) is 4.72. The fraction of sp³-hybridized carbons (Fsp3) is 0.0526. The van der Waals surface area contributed by atoms with Crippen LogP contribution in [-0.4, -0.2) is 4.57 Å². The number of rotatable bonds is 5. The van der Waals surface area contributed by atoms with E-state index in [0.717, 1.165) is 44.9 Å². The summed E-state index contributed by atoms with van der Waals surface area (Å²) in [5, 5.41) is 5.79. The molecule has 0 fully saturated rings. The first-order valence-electron chi connectivity index (χ1n) is 21.5. The highest BCUT2D eigenvalue weighted by Gasteiger charge is 2.49. The molecule has 3 heterocycles. The Morgan fingerprint density at radius 1 is 0.429 bits per heavy atom. The molecule has 0 saturated carbocycles. The Hall–Kier alpha value is -7.17. The minimum Gasteiger partial charge on any atom is -0.309 e. The third-order valence-corrected chi connectivity index (χ3v) is 17.6. The Bertz CT molecular complexity index is 3700. The maximum atomic E-state index is 16.2. The number of thiophene rings is 1. The number of aromatic nitrogens is 1. The predicted octanol–water partition coefficient (Wildman–Crippen LogP) is 15.9. The van der Waals surface area contributed by atoms with Crippen molar-refractivity contribution in [1.82, 2.24) is 4.57 Å². The Labute approximate surface area is 370 Å². The molecule has 9 aromatic carbocycles. The number of hydrogen-bond donors (Lipinski definition) is 0. The van der Waals surface area contributed by atoms with Gasteiger partial charge >= 0.3 is 7.44 Å². The summed E-state index contributed by atoms with van der Waals surface area (Å²) in [5.74, 6) is 0. The van der Waals surface area contributed by atoms with Crippen LogP contribution in [0.25, 0.3) is 69.9 Å². The fourth-order valence-electron chi connectivity index (χ4n) is 10.5. The van der Waals surface area contributed by atoms with E-state index in [-0.39, 0.29) is 5.41 Å². The van der Waals surface area contributed by atoms with Crippen molar-refractivity contribution < 1.29 is 4.57 Å². The number of fused-ring (bicyclic) bond motifs is 10. The first kappa shape index (κ1) is 36.5. The highest BCUT2D eigenvalue weighted by atomic mass is 32.1. The van der Waals surface area contributed by atoms with Crippen LogP contribution < -0.4 is 14.6 Å². The van der Waals surface area contributed by atoms with E-state index in [9.17, 15) is 0 Å². The molecule has 6 heteroatoms. The second-order valence-electron chi connectivity index (χ2n) is 17.3. The zero-order valence-electron chi connectivity index (χ0n) is 34.7. The fourth-order valence-corrected chi connectivity index (χ4v) is 14.6. The maximum absolute atomic E-state index is 16.2. The predicted molar refractivity (Wildman–Crippen MR) is 268 cm³/mol. The van der Waals surface area contributed by atoms with E-state index in [1.807, 2.05) is 78.1 Å². The van der Waals surface area contributed by atoms with Crippen LogP contribution in [0.5, 0.6) is 0 Å². The first-order valence-corrected chi connectivity index (χ1v) is 24.0. The summed E-state index contributed by atoms with van der Waals surface area (Å²) >= 11 is 1.84. The molecule has 0 radical (unpaired) electrons. The van der Waals surface area contributed by atoms with E-state index in [1.54, 1.807) is 0 Å². The molecule has 2 aliphatic rings. The Morgan fingerprint density at radius 3 is 1.79 bits per heavy atom. The third kappa shape index (κ3) is 5.18. The van der Waals surface area contributed by atoms with Gasteiger partial charge in [-0.15, -0.1) is 11.3 Å². The SMILES string of the molecule is CC1(C)c2ccccc2-c2cc3c4ccccc4n(-c4ccc5sc6ccc(-c7ccc8c(c7)N(c7ccccc7)P(=O)(c7ccccc7)N8c7ccccc7)cc6c5c4)c3cc21. The monoisotopic (exact) mass is 845 g/mol. The van der Waals surface area contributed by atoms with Crippen LogP contribution in [0.4, 0.5) is 22.7 Å². The van der Waals surface area contributed by atoms with Gasteiger partial charge in [-0.1, -0.05) is 123 Å². The van der Waals surface area contributed by atoms with Gasteiger partial charge in [0, 0.05) is 53.4 Å². The van der Waals surface area contributed by atoms with Crippen molar-refractivity contribution in [2.75, 3.05) is 9.34 Å². The second-order valence-corrected chi connectivity index (χ2v) is 20.8. The average molecular weight is 846 g/mol. The lowest BCUT2D eigenvalue weighted by Crippen LogP contribution is -2.26. The molecule has 63 heavy (non-hydrogen) atoms. The van der Waals surface area contributed by atoms with Gasteiger partial charge in [-0.3, -0.25) is 13.9 Å². The number of hydrogen-bond acceptors (Lipinski definition) is 2. The molecule has 0 spiro atoms. The van der Waals surface area contributed by atoms with Crippen molar-refractivity contribution in [3.05, 3.63) is 217 Å². The van der Waals surface area contributed by atoms with E-state index in [0.29, 0.717) is 0 Å². The highest BCUT2D eigenvalue weighted by molar-refractivity contribution is 7.76. The van der Waals surface area contributed by atoms with Gasteiger partial charge in [-0.2, -0.15) is 0 Å². The van der Waals surface area contributed by atoms with Gasteiger partial charge < -0.3 is 4.57 Å². The Kier molecular flexibility index (Phi) is 7.77. The molecule has 0 saturated heterocycles. The molecule has 1 atom stereocenters. The van der Waals surface area contributed by atoms with Gasteiger partial charge in [0.15, 0.2) is 0 Å². The minimum atomic E-state index is -3.47. The molecule has 1 aliphatic heterocycles. The van der Waals surface area contributed by atoms with Crippen molar-refractivity contribution >= 4 is 88.8 Å². The van der Waals surface area contributed by atoms with Gasteiger partial charge in [0.05, 0.1) is 27.7 Å². The summed E-state index contributed by atoms with van der Waals surface area (Å²) < 4.78 is 25.3. The molecular weight excluding hydrogens is 806 g/mol. The standard InChI is InChI=1S/C57H40N3OPS/c1-57(2)49-24-14-12-22-43(49)45-35-46-44-23-13-15-25-51(44)58(53(46)36-50(45)57)41-28-31-56-48(34-41)47-32-37(27-30-55(47)63-56)38-26-29-52-54(33-38)60(40-18-8-4-9-19-40)62(61,42-20-10-5-11-21-42)59(52)39-16-6-3-7-17-39/h3-36H,1-2H3. The van der Waals surface area contributed by atoms with Crippen LogP contribution in [-0.2, 0) is 9.98 Å². The topological polar surface area (TPSA) is 28.5 Å². The summed E-state index contributed by atoms with van der Waals surface area (Å²) in [6.07, 6.45) is 0. The van der Waals surface area contributed by atoms with E-state index < -0.39 is 7.44 Å². The van der Waals surface area contributed by atoms with Gasteiger partial charge in [0.1, 0.15) is 0 Å². The first-order chi connectivity index (χ1) is 30.9. The molecule has 4 nitrogen and oxygen atoms in total. The minimum absolute atomic E-state index is 0.0979. The average Bonchev–Trinajstić information content (AvgIpc) is 4.01. The van der Waals surface area contributed by atoms with Gasteiger partial charge in [0.2, 0.25) is 0 Å². The number of anilines is 4. The largest absolute Gasteiger partial charge is 0.309 e. The van der Waals surface area contributed by atoms with Gasteiger partial charge in [-0.25, -0.2) is 0 Å². The van der Waals surface area contributed by atoms with E-state index in [2.05, 4.69) is 167 Å². The van der Waals surface area contributed by atoms with Gasteiger partial charge in [0.25, 0.3) is 0 Å². The van der Waals surface area contributed by atoms with Crippen LogP contribution >= 0.6 is 18.8 Å². The molecule has 0 bridgehead atoms. The van der Waals surface area contributed by atoms with E-state index in [1.165, 1.54) is 64.2 Å². The molecule has 0 N–H and O–H groups in total.